The molecular weight excluding hydrogens is 617 g/mol. The Morgan fingerprint density at radius 3 is 2.50 bits per heavy atom. The van der Waals surface area contributed by atoms with Gasteiger partial charge in [0.15, 0.2) is 11.6 Å². The smallest absolute Gasteiger partial charge is 0.459 e. The molecule has 0 saturated carbocycles. The normalized spacial score (nSPS) is 26.0. The summed E-state index contributed by atoms with van der Waals surface area (Å²) in [6.45, 7) is 13.3. The van der Waals surface area contributed by atoms with Crippen LogP contribution in [-0.2, 0) is 48.6 Å². The number of anilines is 1. The van der Waals surface area contributed by atoms with Gasteiger partial charge in [0.05, 0.1) is 18.9 Å². The summed E-state index contributed by atoms with van der Waals surface area (Å²) >= 11 is 0. The van der Waals surface area contributed by atoms with E-state index < -0.39 is 49.5 Å². The average molecular weight is 662 g/mol. The van der Waals surface area contributed by atoms with E-state index in [0.717, 1.165) is 5.56 Å². The van der Waals surface area contributed by atoms with Crippen LogP contribution in [0.4, 0.5) is 5.82 Å². The third-order valence-corrected chi connectivity index (χ3v) is 9.66. The molecule has 0 amide bonds. The fourth-order valence-corrected chi connectivity index (χ4v) is 7.16. The number of nitrogens with zero attached hydrogens (tertiary/aromatic N) is 3. The van der Waals surface area contributed by atoms with Crippen LogP contribution in [0.3, 0.4) is 0 Å². The van der Waals surface area contributed by atoms with E-state index in [1.807, 2.05) is 45.0 Å². The largest absolute Gasteiger partial charge is 0.462 e. The molecule has 1 aromatic carbocycles. The van der Waals surface area contributed by atoms with Gasteiger partial charge in [-0.05, 0) is 62.9 Å². The highest BCUT2D eigenvalue weighted by Gasteiger charge is 2.62. The number of hydrogen-bond donors (Lipinski definition) is 2. The molecule has 252 valence electrons. The van der Waals surface area contributed by atoms with Crippen LogP contribution >= 0.6 is 7.75 Å². The van der Waals surface area contributed by atoms with Crippen molar-refractivity contribution in [1.82, 2.24) is 19.7 Å². The maximum atomic E-state index is 14.3. The summed E-state index contributed by atoms with van der Waals surface area (Å²) < 4.78 is 57.4. The van der Waals surface area contributed by atoms with Crippen molar-refractivity contribution < 1.29 is 42.1 Å². The van der Waals surface area contributed by atoms with Crippen molar-refractivity contribution in [2.45, 2.75) is 89.6 Å². The Labute approximate surface area is 268 Å². The SMILES string of the molecule is COCCOC(=O)[C@H](C)NP(=O)(OC[C@H]1O[C@@](C)(c2ccc3c(N)ncnn23)[C@@H]2OC(C)(C)O[C@@H]21)Oc1ccc(C(C)(C)C)cc1. The Kier molecular flexibility index (Phi) is 9.55. The zero-order chi connectivity index (χ0) is 33.5. The Morgan fingerprint density at radius 2 is 1.83 bits per heavy atom. The van der Waals surface area contributed by atoms with Gasteiger partial charge in [-0.25, -0.2) is 14.1 Å². The lowest BCUT2D eigenvalue weighted by molar-refractivity contribution is -0.211. The van der Waals surface area contributed by atoms with Crippen molar-refractivity contribution in [2.24, 2.45) is 0 Å². The molecule has 3 N–H and O–H groups in total. The van der Waals surface area contributed by atoms with E-state index in [-0.39, 0.29) is 31.0 Å². The molecule has 0 radical (unpaired) electrons. The predicted molar refractivity (Wildman–Crippen MR) is 168 cm³/mol. The number of ether oxygens (including phenoxy) is 5. The summed E-state index contributed by atoms with van der Waals surface area (Å²) in [6.07, 6.45) is -0.584. The molecule has 4 heterocycles. The molecule has 2 aliphatic rings. The number of methoxy groups -OCH3 is 1. The Hall–Kier alpha value is -3.10. The number of rotatable bonds is 12. The lowest BCUT2D eigenvalue weighted by Gasteiger charge is -2.31. The lowest BCUT2D eigenvalue weighted by Crippen LogP contribution is -2.39. The first-order chi connectivity index (χ1) is 21.6. The minimum atomic E-state index is -4.22. The first kappa shape index (κ1) is 34.2. The molecule has 2 aromatic heterocycles. The van der Waals surface area contributed by atoms with Gasteiger partial charge in [-0.1, -0.05) is 32.9 Å². The van der Waals surface area contributed by atoms with E-state index in [4.69, 9.17) is 38.5 Å². The number of carbonyl (C=O) groups is 1. The molecule has 0 bridgehead atoms. The van der Waals surface area contributed by atoms with E-state index in [1.165, 1.54) is 20.4 Å². The van der Waals surface area contributed by atoms with Crippen LogP contribution < -0.4 is 15.3 Å². The second-order valence-corrected chi connectivity index (χ2v) is 14.8. The minimum absolute atomic E-state index is 0.0390. The van der Waals surface area contributed by atoms with Crippen molar-refractivity contribution in [1.29, 1.82) is 0 Å². The van der Waals surface area contributed by atoms with Gasteiger partial charge in [-0.3, -0.25) is 9.32 Å². The van der Waals surface area contributed by atoms with Gasteiger partial charge >= 0.3 is 13.7 Å². The average Bonchev–Trinajstić information content (AvgIpc) is 3.63. The summed E-state index contributed by atoms with van der Waals surface area (Å²) in [6, 6.07) is 9.82. The summed E-state index contributed by atoms with van der Waals surface area (Å²) in [5.41, 5.74) is 7.27. The summed E-state index contributed by atoms with van der Waals surface area (Å²) in [5, 5.41) is 7.11. The molecule has 2 aliphatic heterocycles. The summed E-state index contributed by atoms with van der Waals surface area (Å²) in [4.78, 5) is 16.8. The van der Waals surface area contributed by atoms with Crippen LogP contribution in [0.15, 0.2) is 42.7 Å². The standard InChI is InChI=1S/C31H44N5O9P/c1-19(28(37)40-16-15-39-8)35-46(38,45-21-11-9-20(10-12-21)29(2,3)4)41-17-23-25-26(44-30(5,6)43-25)31(7,42-23)24-14-13-22-27(32)33-18-34-36(22)24/h9-14,18-19,23,25-26H,15-17H2,1-8H3,(H,35,38)(H2,32,33,34)/t19-,23+,25+,26+,31-,46?/m0/s1. The molecule has 2 saturated heterocycles. The van der Waals surface area contributed by atoms with Gasteiger partial charge in [0.1, 0.15) is 54.2 Å². The van der Waals surface area contributed by atoms with Crippen molar-refractivity contribution in [3.05, 3.63) is 54.0 Å². The fraction of sp³-hybridized carbons (Fsp3) is 0.581. The quantitative estimate of drug-likeness (QED) is 0.162. The van der Waals surface area contributed by atoms with Crippen molar-refractivity contribution in [3.8, 4) is 5.75 Å². The van der Waals surface area contributed by atoms with Crippen molar-refractivity contribution in [3.63, 3.8) is 0 Å². The molecule has 46 heavy (non-hydrogen) atoms. The van der Waals surface area contributed by atoms with Gasteiger partial charge < -0.3 is 33.9 Å². The molecule has 14 nitrogen and oxygen atoms in total. The highest BCUT2D eigenvalue weighted by atomic mass is 31.2. The number of carbonyl (C=O) groups excluding carboxylic acids is 1. The molecule has 1 unspecified atom stereocenters. The van der Waals surface area contributed by atoms with Gasteiger partial charge in [-0.2, -0.15) is 10.2 Å². The molecule has 2 fully saturated rings. The van der Waals surface area contributed by atoms with Crippen LogP contribution in [0.1, 0.15) is 59.7 Å². The molecule has 15 heteroatoms. The van der Waals surface area contributed by atoms with Gasteiger partial charge in [0.2, 0.25) is 0 Å². The third kappa shape index (κ3) is 7.08. The number of esters is 1. The molecular formula is C31H44N5O9P. The topological polar surface area (TPSA) is 167 Å². The van der Waals surface area contributed by atoms with Gasteiger partial charge in [0, 0.05) is 7.11 Å². The van der Waals surface area contributed by atoms with E-state index in [1.54, 1.807) is 16.6 Å². The van der Waals surface area contributed by atoms with E-state index in [0.29, 0.717) is 17.0 Å². The summed E-state index contributed by atoms with van der Waals surface area (Å²) in [5.74, 6) is -0.976. The van der Waals surface area contributed by atoms with Crippen LogP contribution in [0.25, 0.3) is 5.52 Å². The zero-order valence-electron chi connectivity index (χ0n) is 27.5. The highest BCUT2D eigenvalue weighted by Crippen LogP contribution is 2.51. The van der Waals surface area contributed by atoms with E-state index in [2.05, 4.69) is 35.9 Å². The number of fused-ring (bicyclic) bond motifs is 2. The monoisotopic (exact) mass is 661 g/mol. The molecule has 0 spiro atoms. The minimum Gasteiger partial charge on any atom is -0.462 e. The van der Waals surface area contributed by atoms with E-state index >= 15 is 0 Å². The van der Waals surface area contributed by atoms with Gasteiger partial charge in [-0.15, -0.1) is 0 Å². The Balaban J connectivity index is 1.40. The Morgan fingerprint density at radius 1 is 1.11 bits per heavy atom. The van der Waals surface area contributed by atoms with E-state index in [9.17, 15) is 9.36 Å². The first-order valence-corrected chi connectivity index (χ1v) is 16.7. The van der Waals surface area contributed by atoms with Gasteiger partial charge in [0.25, 0.3) is 0 Å². The third-order valence-electron chi connectivity index (χ3n) is 8.02. The number of nitrogen functional groups attached to an aromatic ring is 1. The summed E-state index contributed by atoms with van der Waals surface area (Å²) in [7, 11) is -2.72. The van der Waals surface area contributed by atoms with Crippen LogP contribution in [0.5, 0.6) is 5.75 Å². The van der Waals surface area contributed by atoms with Crippen LogP contribution in [0, 0.1) is 0 Å². The van der Waals surface area contributed by atoms with Crippen molar-refractivity contribution >= 4 is 25.1 Å². The number of hydrogen-bond acceptors (Lipinski definition) is 12. The Bertz CT molecular complexity index is 1590. The molecule has 5 rings (SSSR count). The lowest BCUT2D eigenvalue weighted by atomic mass is 9.87. The predicted octanol–water partition coefficient (Wildman–Crippen LogP) is 4.11. The molecule has 0 aliphatic carbocycles. The zero-order valence-corrected chi connectivity index (χ0v) is 28.4. The molecule has 6 atom stereocenters. The second kappa shape index (κ2) is 12.8. The number of nitrogens with one attached hydrogen (secondary N) is 1. The highest BCUT2D eigenvalue weighted by molar-refractivity contribution is 7.52. The van der Waals surface area contributed by atoms with Crippen LogP contribution in [0.2, 0.25) is 0 Å². The number of nitrogens with two attached hydrogens (primary N) is 1. The maximum absolute atomic E-state index is 14.3. The fourth-order valence-electron chi connectivity index (χ4n) is 5.66. The second-order valence-electron chi connectivity index (χ2n) is 13.1. The molecule has 3 aromatic rings. The number of benzene rings is 1. The first-order valence-electron chi connectivity index (χ1n) is 15.2. The maximum Gasteiger partial charge on any atom is 0.459 e. The van der Waals surface area contributed by atoms with Crippen LogP contribution in [-0.4, -0.2) is 77.6 Å². The van der Waals surface area contributed by atoms with Crippen molar-refractivity contribution in [2.75, 3.05) is 32.7 Å². The number of aromatic nitrogens is 3.